The van der Waals surface area contributed by atoms with Gasteiger partial charge in [-0.2, -0.15) is 0 Å². The highest BCUT2D eigenvalue weighted by atomic mass is 28.4. The Labute approximate surface area is 353 Å². The lowest BCUT2D eigenvalue weighted by Gasteiger charge is -2.51. The van der Waals surface area contributed by atoms with Gasteiger partial charge in [0.1, 0.15) is 0 Å². The lowest BCUT2D eigenvalue weighted by molar-refractivity contribution is 0.953. The van der Waals surface area contributed by atoms with Gasteiger partial charge in [-0.05, 0) is 144 Å². The van der Waals surface area contributed by atoms with E-state index >= 15 is 0 Å². The molecule has 0 saturated heterocycles. The van der Waals surface area contributed by atoms with Crippen molar-refractivity contribution < 1.29 is 0 Å². The van der Waals surface area contributed by atoms with Crippen LogP contribution >= 0.6 is 0 Å². The first-order valence-corrected chi connectivity index (χ1v) is 28.2. The van der Waals surface area contributed by atoms with Gasteiger partial charge in [0.25, 0.3) is 0 Å². The van der Waals surface area contributed by atoms with Gasteiger partial charge in [-0.25, -0.2) is 0 Å². The molecule has 0 heterocycles. The topological polar surface area (TPSA) is 6.48 Å². The van der Waals surface area contributed by atoms with Crippen LogP contribution in [-0.2, 0) is 4.66 Å². The van der Waals surface area contributed by atoms with Gasteiger partial charge in [0.05, 0.1) is 27.5 Å². The van der Waals surface area contributed by atoms with Crippen molar-refractivity contribution in [2.75, 3.05) is 9.80 Å². The summed E-state index contributed by atoms with van der Waals surface area (Å²) in [4.78, 5) is 5.07. The van der Waals surface area contributed by atoms with E-state index in [9.17, 15) is 0 Å². The second-order valence-electron chi connectivity index (χ2n) is 19.0. The van der Waals surface area contributed by atoms with Gasteiger partial charge in [-0.15, -0.1) is 0 Å². The van der Waals surface area contributed by atoms with Gasteiger partial charge in [-0.3, -0.25) is 0 Å². The van der Waals surface area contributed by atoms with Gasteiger partial charge >= 0.3 is 0 Å². The second-order valence-corrected chi connectivity index (χ2v) is 30.0. The third-order valence-corrected chi connectivity index (χ3v) is 22.9. The number of para-hydroxylation sites is 2. The van der Waals surface area contributed by atoms with E-state index in [0.717, 1.165) is 0 Å². The number of nitrogens with zero attached hydrogens (tertiary/aromatic N) is 2. The summed E-state index contributed by atoms with van der Waals surface area (Å²) in [7, 11) is -4.26. The fourth-order valence-electron chi connectivity index (χ4n) is 11.3. The molecule has 0 spiro atoms. The lowest BCUT2D eigenvalue weighted by atomic mass is 9.91. The summed E-state index contributed by atoms with van der Waals surface area (Å²) in [5, 5.41) is 5.21. The summed E-state index contributed by atoms with van der Waals surface area (Å²) in [5.41, 5.74) is 18.2. The molecule has 0 saturated carbocycles. The van der Waals surface area contributed by atoms with E-state index in [0.29, 0.717) is 0 Å². The smallest absolute Gasteiger partial charge is 0.0579 e. The third-order valence-electron chi connectivity index (χ3n) is 12.8. The van der Waals surface area contributed by atoms with Gasteiger partial charge in [-0.1, -0.05) is 136 Å². The summed E-state index contributed by atoms with van der Waals surface area (Å²) in [5.74, 6) is 0. The third kappa shape index (κ3) is 6.19. The molecular formula is C55H56N2Si2. The molecule has 0 fully saturated rings. The largest absolute Gasteiger partial charge is 0.310 e. The van der Waals surface area contributed by atoms with E-state index in [1.165, 1.54) is 100 Å². The van der Waals surface area contributed by atoms with Crippen LogP contribution in [0.3, 0.4) is 0 Å². The maximum atomic E-state index is 2.66. The second kappa shape index (κ2) is 14.3. The molecule has 8 aromatic carbocycles. The number of benzene rings is 8. The number of aryl methyl sites for hydroxylation is 4. The minimum absolute atomic E-state index is 0.127. The van der Waals surface area contributed by atoms with E-state index in [1.807, 2.05) is 0 Å². The summed E-state index contributed by atoms with van der Waals surface area (Å²) < 4.78 is -0.127. The molecule has 59 heavy (non-hydrogen) atoms. The average Bonchev–Trinajstić information content (AvgIpc) is 3.50. The van der Waals surface area contributed by atoms with Crippen molar-refractivity contribution >= 4 is 71.8 Å². The number of hydrogen-bond acceptors (Lipinski definition) is 2. The Bertz CT molecular complexity index is 2660. The molecule has 9 rings (SSSR count). The van der Waals surface area contributed by atoms with Crippen LogP contribution in [-0.4, -0.2) is 16.1 Å². The fraction of sp³-hybridized carbons (Fsp3) is 0.200. The Morgan fingerprint density at radius 3 is 0.966 bits per heavy atom. The minimum Gasteiger partial charge on any atom is -0.310 e. The monoisotopic (exact) mass is 800 g/mol. The van der Waals surface area contributed by atoms with Gasteiger partial charge < -0.3 is 9.80 Å². The first kappa shape index (κ1) is 38.8. The summed E-state index contributed by atoms with van der Waals surface area (Å²) in [6.07, 6.45) is 0. The molecular weight excluding hydrogens is 745 g/mol. The van der Waals surface area contributed by atoms with E-state index in [4.69, 9.17) is 0 Å². The molecule has 1 aliphatic carbocycles. The molecule has 0 radical (unpaired) electrons. The predicted molar refractivity (Wildman–Crippen MR) is 263 cm³/mol. The molecule has 8 aromatic rings. The van der Waals surface area contributed by atoms with Crippen LogP contribution in [0, 0.1) is 27.7 Å². The standard InChI is InChI=1S/C55H56N2Si2/c1-37-29-38(2)32-43(31-37)56(41-21-13-11-14-22-41)51-35-49-53(47-27-19-17-25-45(47)51)54-48-28-20-18-26-46(48)52(36-50(54)55(49,58(5,6)7)59(8,9)10)57(42-23-15-12-16-24-42)44-33-39(3)30-40(4)34-44/h11-36H,1-10H3. The molecule has 0 amide bonds. The molecule has 0 bridgehead atoms. The van der Waals surface area contributed by atoms with Crippen molar-refractivity contribution in [2.45, 2.75) is 71.6 Å². The zero-order chi connectivity index (χ0) is 41.4. The normalized spacial score (nSPS) is 13.4. The predicted octanol–water partition coefficient (Wildman–Crippen LogP) is 16.2. The molecule has 0 atom stereocenters. The van der Waals surface area contributed by atoms with Crippen LogP contribution in [0.2, 0.25) is 39.3 Å². The zero-order valence-electron chi connectivity index (χ0n) is 36.4. The lowest BCUT2D eigenvalue weighted by Crippen LogP contribution is -2.63. The van der Waals surface area contributed by atoms with Gasteiger partial charge in [0.15, 0.2) is 0 Å². The SMILES string of the molecule is Cc1cc(C)cc(N(c2ccccc2)c2cc3c(c4ccccc24)-c2c(cc(N(c4ccccc4)c4cc(C)cc(C)c4)c4ccccc24)C3([Si](C)(C)C)[Si](C)(C)C)c1. The van der Waals surface area contributed by atoms with Crippen LogP contribution < -0.4 is 9.80 Å². The summed E-state index contributed by atoms with van der Waals surface area (Å²) in [6, 6.07) is 59.8. The molecule has 294 valence electrons. The van der Waals surface area contributed by atoms with Gasteiger partial charge in [0.2, 0.25) is 0 Å². The van der Waals surface area contributed by atoms with Crippen molar-refractivity contribution in [3.05, 3.63) is 191 Å². The fourth-order valence-corrected chi connectivity index (χ4v) is 24.3. The Balaban J connectivity index is 1.46. The molecule has 4 heteroatoms. The maximum Gasteiger partial charge on any atom is 0.0579 e. The van der Waals surface area contributed by atoms with Crippen molar-refractivity contribution in [2.24, 2.45) is 0 Å². The summed E-state index contributed by atoms with van der Waals surface area (Å²) in [6.45, 7) is 24.7. The number of rotatable bonds is 8. The minimum atomic E-state index is -2.13. The first-order chi connectivity index (χ1) is 28.2. The Morgan fingerprint density at radius 2 is 0.644 bits per heavy atom. The van der Waals surface area contributed by atoms with Crippen molar-refractivity contribution in [1.82, 2.24) is 0 Å². The van der Waals surface area contributed by atoms with Gasteiger partial charge in [0, 0.05) is 38.2 Å². The molecule has 0 N–H and O–H groups in total. The van der Waals surface area contributed by atoms with E-state index in [2.05, 4.69) is 235 Å². The molecule has 0 aromatic heterocycles. The van der Waals surface area contributed by atoms with E-state index in [-0.39, 0.29) is 4.66 Å². The Kier molecular flexibility index (Phi) is 9.37. The first-order valence-electron chi connectivity index (χ1n) is 21.2. The molecule has 2 nitrogen and oxygen atoms in total. The van der Waals surface area contributed by atoms with Crippen LogP contribution in [0.1, 0.15) is 33.4 Å². The quantitative estimate of drug-likeness (QED) is 0.141. The van der Waals surface area contributed by atoms with E-state index < -0.39 is 16.1 Å². The average molecular weight is 801 g/mol. The Hall–Kier alpha value is -5.69. The van der Waals surface area contributed by atoms with Crippen LogP contribution in [0.15, 0.2) is 158 Å². The number of fused-ring (bicyclic) bond motifs is 7. The highest BCUT2D eigenvalue weighted by molar-refractivity contribution is 7.00. The highest BCUT2D eigenvalue weighted by Crippen LogP contribution is 2.63. The molecule has 1 aliphatic rings. The number of anilines is 6. The molecule has 0 aliphatic heterocycles. The van der Waals surface area contributed by atoms with Crippen molar-refractivity contribution in [1.29, 1.82) is 0 Å². The van der Waals surface area contributed by atoms with Crippen molar-refractivity contribution in [3.63, 3.8) is 0 Å². The van der Waals surface area contributed by atoms with Crippen molar-refractivity contribution in [3.8, 4) is 11.1 Å². The number of hydrogen-bond donors (Lipinski definition) is 0. The molecule has 0 unspecified atom stereocenters. The zero-order valence-corrected chi connectivity index (χ0v) is 38.4. The van der Waals surface area contributed by atoms with Crippen LogP contribution in [0.4, 0.5) is 34.1 Å². The van der Waals surface area contributed by atoms with E-state index in [1.54, 1.807) is 0 Å². The Morgan fingerprint density at radius 1 is 0.339 bits per heavy atom. The highest BCUT2D eigenvalue weighted by Gasteiger charge is 2.60. The summed E-state index contributed by atoms with van der Waals surface area (Å²) >= 11 is 0. The van der Waals surface area contributed by atoms with Crippen LogP contribution in [0.5, 0.6) is 0 Å². The van der Waals surface area contributed by atoms with Crippen LogP contribution in [0.25, 0.3) is 32.7 Å². The maximum absolute atomic E-state index is 2.66.